The van der Waals surface area contributed by atoms with Gasteiger partial charge in [-0.25, -0.2) is 0 Å². The van der Waals surface area contributed by atoms with Gasteiger partial charge < -0.3 is 10.4 Å². The molecule has 5 nitrogen and oxygen atoms in total. The summed E-state index contributed by atoms with van der Waals surface area (Å²) in [5.74, 6) is -0.158. The molecule has 0 fully saturated rings. The number of rotatable bonds is 4. The summed E-state index contributed by atoms with van der Waals surface area (Å²) in [6.45, 7) is 0.227. The van der Waals surface area contributed by atoms with Crippen LogP contribution in [-0.4, -0.2) is 34.1 Å². The van der Waals surface area contributed by atoms with Crippen LogP contribution >= 0.6 is 0 Å². The van der Waals surface area contributed by atoms with Gasteiger partial charge in [0.1, 0.15) is 0 Å². The molecule has 0 unspecified atom stereocenters. The molecule has 1 amide bonds. The fraction of sp³-hybridized carbons (Fsp3) is 0.375. The number of carbonyl (C=O) groups excluding carboxylic acids is 1. The molecular weight excluding hydrogens is 170 g/mol. The van der Waals surface area contributed by atoms with Gasteiger partial charge in [-0.1, -0.05) is 0 Å². The van der Waals surface area contributed by atoms with Crippen molar-refractivity contribution in [2.75, 3.05) is 13.2 Å². The number of amides is 1. The van der Waals surface area contributed by atoms with E-state index in [4.69, 9.17) is 5.11 Å². The van der Waals surface area contributed by atoms with Gasteiger partial charge in [0.15, 0.2) is 0 Å². The lowest BCUT2D eigenvalue weighted by Gasteiger charge is -2.01. The van der Waals surface area contributed by atoms with E-state index in [2.05, 4.69) is 15.3 Å². The standard InChI is InChI=1S/C8H11N3O2/c12-4-3-11-8(13)5-7-6-9-1-2-10-7/h1-2,6,12H,3-5H2,(H,11,13). The number of hydrogen-bond donors (Lipinski definition) is 2. The summed E-state index contributed by atoms with van der Waals surface area (Å²) in [5.41, 5.74) is 0.623. The van der Waals surface area contributed by atoms with E-state index in [1.165, 1.54) is 6.20 Å². The first-order valence-electron chi connectivity index (χ1n) is 3.95. The molecule has 0 atom stereocenters. The van der Waals surface area contributed by atoms with Gasteiger partial charge in [-0.2, -0.15) is 0 Å². The van der Waals surface area contributed by atoms with Crippen LogP contribution in [0, 0.1) is 0 Å². The number of nitrogens with zero attached hydrogens (tertiary/aromatic N) is 2. The second-order valence-electron chi connectivity index (χ2n) is 2.45. The van der Waals surface area contributed by atoms with Gasteiger partial charge in [0, 0.05) is 25.1 Å². The Morgan fingerprint density at radius 2 is 2.38 bits per heavy atom. The van der Waals surface area contributed by atoms with E-state index in [9.17, 15) is 4.79 Å². The highest BCUT2D eigenvalue weighted by Crippen LogP contribution is 1.90. The van der Waals surface area contributed by atoms with Gasteiger partial charge in [-0.15, -0.1) is 0 Å². The first-order chi connectivity index (χ1) is 6.33. The summed E-state index contributed by atoms with van der Waals surface area (Å²) in [5, 5.41) is 11.0. The smallest absolute Gasteiger partial charge is 0.226 e. The highest BCUT2D eigenvalue weighted by atomic mass is 16.3. The van der Waals surface area contributed by atoms with E-state index in [-0.39, 0.29) is 25.5 Å². The second-order valence-corrected chi connectivity index (χ2v) is 2.45. The first kappa shape index (κ1) is 9.60. The third-order valence-electron chi connectivity index (χ3n) is 1.39. The molecule has 0 aliphatic carbocycles. The van der Waals surface area contributed by atoms with E-state index < -0.39 is 0 Å². The van der Waals surface area contributed by atoms with Crippen LogP contribution in [0.25, 0.3) is 0 Å². The molecule has 0 bridgehead atoms. The van der Waals surface area contributed by atoms with E-state index in [1.807, 2.05) is 0 Å². The Bertz CT molecular complexity index is 263. The van der Waals surface area contributed by atoms with Gasteiger partial charge in [0.05, 0.1) is 18.7 Å². The van der Waals surface area contributed by atoms with Crippen LogP contribution in [0.15, 0.2) is 18.6 Å². The number of aromatic nitrogens is 2. The third-order valence-corrected chi connectivity index (χ3v) is 1.39. The topological polar surface area (TPSA) is 75.1 Å². The lowest BCUT2D eigenvalue weighted by molar-refractivity contribution is -0.120. The van der Waals surface area contributed by atoms with Crippen LogP contribution in [-0.2, 0) is 11.2 Å². The quantitative estimate of drug-likeness (QED) is 0.633. The Balaban J connectivity index is 2.37. The zero-order chi connectivity index (χ0) is 9.52. The van der Waals surface area contributed by atoms with E-state index in [1.54, 1.807) is 12.4 Å². The average molecular weight is 181 g/mol. The first-order valence-corrected chi connectivity index (χ1v) is 3.95. The number of aliphatic hydroxyl groups is 1. The van der Waals surface area contributed by atoms with Crippen molar-refractivity contribution >= 4 is 5.91 Å². The highest BCUT2D eigenvalue weighted by Gasteiger charge is 2.02. The molecule has 1 aromatic heterocycles. The van der Waals surface area contributed by atoms with Crippen LogP contribution in [0.4, 0.5) is 0 Å². The Kier molecular flexibility index (Phi) is 3.84. The Hall–Kier alpha value is -1.49. The molecule has 2 N–H and O–H groups in total. The fourth-order valence-electron chi connectivity index (χ4n) is 0.844. The molecule has 5 heteroatoms. The normalized spacial score (nSPS) is 9.62. The van der Waals surface area contributed by atoms with E-state index >= 15 is 0 Å². The van der Waals surface area contributed by atoms with Crippen LogP contribution in [0.5, 0.6) is 0 Å². The number of hydrogen-bond acceptors (Lipinski definition) is 4. The minimum absolute atomic E-state index is 0.0494. The molecular formula is C8H11N3O2. The lowest BCUT2D eigenvalue weighted by Crippen LogP contribution is -2.28. The van der Waals surface area contributed by atoms with Crippen molar-refractivity contribution in [3.63, 3.8) is 0 Å². The van der Waals surface area contributed by atoms with Gasteiger partial charge in [0.25, 0.3) is 0 Å². The Morgan fingerprint density at radius 1 is 1.54 bits per heavy atom. The minimum Gasteiger partial charge on any atom is -0.395 e. The van der Waals surface area contributed by atoms with Crippen molar-refractivity contribution in [2.24, 2.45) is 0 Å². The Morgan fingerprint density at radius 3 is 3.00 bits per heavy atom. The molecule has 0 spiro atoms. The molecule has 1 rings (SSSR count). The summed E-state index contributed by atoms with van der Waals surface area (Å²) < 4.78 is 0. The number of carbonyl (C=O) groups is 1. The fourth-order valence-corrected chi connectivity index (χ4v) is 0.844. The summed E-state index contributed by atoms with van der Waals surface area (Å²) in [6.07, 6.45) is 4.83. The van der Waals surface area contributed by atoms with Crippen molar-refractivity contribution in [3.05, 3.63) is 24.3 Å². The highest BCUT2D eigenvalue weighted by molar-refractivity contribution is 5.77. The predicted molar refractivity (Wildman–Crippen MR) is 45.8 cm³/mol. The predicted octanol–water partition coefficient (Wildman–Crippen LogP) is -0.872. The van der Waals surface area contributed by atoms with Crippen LogP contribution < -0.4 is 5.32 Å². The van der Waals surface area contributed by atoms with Crippen LogP contribution in [0.2, 0.25) is 0 Å². The summed E-state index contributed by atoms with van der Waals surface area (Å²) >= 11 is 0. The maximum atomic E-state index is 11.1. The molecule has 13 heavy (non-hydrogen) atoms. The van der Waals surface area contributed by atoms with Crippen molar-refractivity contribution in [1.29, 1.82) is 0 Å². The van der Waals surface area contributed by atoms with Gasteiger partial charge in [0.2, 0.25) is 5.91 Å². The molecule has 0 radical (unpaired) electrons. The van der Waals surface area contributed by atoms with Crippen molar-refractivity contribution in [1.82, 2.24) is 15.3 Å². The lowest BCUT2D eigenvalue weighted by atomic mass is 10.3. The van der Waals surface area contributed by atoms with Crippen molar-refractivity contribution in [2.45, 2.75) is 6.42 Å². The molecule has 70 valence electrons. The summed E-state index contributed by atoms with van der Waals surface area (Å²) in [6, 6.07) is 0. The minimum atomic E-state index is -0.158. The number of nitrogens with one attached hydrogen (secondary N) is 1. The number of aliphatic hydroxyl groups excluding tert-OH is 1. The largest absolute Gasteiger partial charge is 0.395 e. The molecule has 1 heterocycles. The van der Waals surface area contributed by atoms with Gasteiger partial charge in [-0.3, -0.25) is 14.8 Å². The zero-order valence-corrected chi connectivity index (χ0v) is 7.10. The molecule has 0 aromatic carbocycles. The maximum Gasteiger partial charge on any atom is 0.226 e. The summed E-state index contributed by atoms with van der Waals surface area (Å²) in [7, 11) is 0. The van der Waals surface area contributed by atoms with Crippen LogP contribution in [0.3, 0.4) is 0 Å². The summed E-state index contributed by atoms with van der Waals surface area (Å²) in [4.78, 5) is 18.8. The Labute approximate surface area is 75.8 Å². The van der Waals surface area contributed by atoms with Gasteiger partial charge in [-0.05, 0) is 0 Å². The van der Waals surface area contributed by atoms with Crippen molar-refractivity contribution < 1.29 is 9.90 Å². The van der Waals surface area contributed by atoms with Crippen molar-refractivity contribution in [3.8, 4) is 0 Å². The average Bonchev–Trinajstić information content (AvgIpc) is 2.16. The monoisotopic (exact) mass is 181 g/mol. The molecule has 0 aliphatic heterocycles. The zero-order valence-electron chi connectivity index (χ0n) is 7.10. The maximum absolute atomic E-state index is 11.1. The third kappa shape index (κ3) is 3.62. The SMILES string of the molecule is O=C(Cc1cnccn1)NCCO. The van der Waals surface area contributed by atoms with E-state index in [0.717, 1.165) is 0 Å². The molecule has 0 saturated heterocycles. The van der Waals surface area contributed by atoms with E-state index in [0.29, 0.717) is 5.69 Å². The molecule has 0 saturated carbocycles. The second kappa shape index (κ2) is 5.21. The molecule has 0 aliphatic rings. The van der Waals surface area contributed by atoms with Gasteiger partial charge >= 0.3 is 0 Å². The van der Waals surface area contributed by atoms with Crippen LogP contribution in [0.1, 0.15) is 5.69 Å². The molecule has 1 aromatic rings.